The van der Waals surface area contributed by atoms with Gasteiger partial charge in [0.25, 0.3) is 0 Å². The van der Waals surface area contributed by atoms with Crippen LogP contribution in [0.5, 0.6) is 0 Å². The number of carbonyl (C=O) groups excluding carboxylic acids is 1. The Morgan fingerprint density at radius 2 is 2.07 bits per heavy atom. The van der Waals surface area contributed by atoms with E-state index in [-0.39, 0.29) is 28.4 Å². The highest BCUT2D eigenvalue weighted by Gasteiger charge is 2.28. The van der Waals surface area contributed by atoms with E-state index < -0.39 is 4.92 Å². The summed E-state index contributed by atoms with van der Waals surface area (Å²) in [5.41, 5.74) is 7.81. The Morgan fingerprint density at radius 1 is 1.34 bits per heavy atom. The van der Waals surface area contributed by atoms with Gasteiger partial charge in [0.15, 0.2) is 5.03 Å². The molecule has 2 aromatic rings. The van der Waals surface area contributed by atoms with Gasteiger partial charge in [-0.05, 0) is 38.8 Å². The number of rotatable bonds is 7. The minimum Gasteiger partial charge on any atom is -0.326 e. The number of nitrogens with zero attached hydrogens (tertiary/aromatic N) is 3. The lowest BCUT2D eigenvalue weighted by Crippen LogP contribution is -2.37. The molecule has 1 atom stereocenters. The Balaban J connectivity index is 1.64. The molecular formula is C19H24N6O3S. The van der Waals surface area contributed by atoms with Crippen LogP contribution in [0, 0.1) is 24.0 Å². The number of aryl methyl sites for hydroxylation is 2. The fraction of sp³-hybridized carbons (Fsp3) is 0.368. The second kappa shape index (κ2) is 8.66. The van der Waals surface area contributed by atoms with Crippen LogP contribution in [-0.4, -0.2) is 37.8 Å². The molecule has 2 heterocycles. The molecule has 29 heavy (non-hydrogen) atoms. The van der Waals surface area contributed by atoms with E-state index in [1.165, 1.54) is 11.1 Å². The number of hydrogen-bond donors (Lipinski definition) is 3. The van der Waals surface area contributed by atoms with Gasteiger partial charge in [0.2, 0.25) is 5.91 Å². The third kappa shape index (κ3) is 4.60. The number of carbonyl (C=O) groups is 1. The lowest BCUT2D eigenvalue weighted by molar-refractivity contribution is -0.388. The van der Waals surface area contributed by atoms with Gasteiger partial charge in [0.1, 0.15) is 5.69 Å². The van der Waals surface area contributed by atoms with E-state index in [4.69, 9.17) is 0 Å². The van der Waals surface area contributed by atoms with Crippen LogP contribution in [0.2, 0.25) is 0 Å². The smallest absolute Gasteiger partial charge is 0.323 e. The molecule has 0 spiro atoms. The van der Waals surface area contributed by atoms with E-state index in [9.17, 15) is 14.9 Å². The predicted octanol–water partition coefficient (Wildman–Crippen LogP) is 2.78. The molecule has 1 unspecified atom stereocenters. The van der Waals surface area contributed by atoms with Crippen molar-refractivity contribution in [2.75, 3.05) is 5.75 Å². The average Bonchev–Trinajstić information content (AvgIpc) is 3.16. The van der Waals surface area contributed by atoms with Crippen molar-refractivity contribution in [3.8, 4) is 0 Å². The molecule has 1 aliphatic rings. The Bertz CT molecular complexity index is 971. The maximum atomic E-state index is 12.5. The van der Waals surface area contributed by atoms with Crippen molar-refractivity contribution in [2.24, 2.45) is 0 Å². The first kappa shape index (κ1) is 20.9. The van der Waals surface area contributed by atoms with Crippen LogP contribution < -0.4 is 10.7 Å². The van der Waals surface area contributed by atoms with Gasteiger partial charge < -0.3 is 10.3 Å². The number of aromatic nitrogens is 2. The summed E-state index contributed by atoms with van der Waals surface area (Å²) in [4.78, 5) is 23.1. The lowest BCUT2D eigenvalue weighted by atomic mass is 10.1. The second-order valence-electron chi connectivity index (χ2n) is 6.96. The topological polar surface area (TPSA) is 116 Å². The highest BCUT2D eigenvalue weighted by atomic mass is 32.2. The quantitative estimate of drug-likeness (QED) is 0.361. The maximum Gasteiger partial charge on any atom is 0.323 e. The predicted molar refractivity (Wildman–Crippen MR) is 111 cm³/mol. The van der Waals surface area contributed by atoms with E-state index in [2.05, 4.69) is 40.0 Å². The number of aromatic amines is 1. The first-order valence-electron chi connectivity index (χ1n) is 9.19. The number of amides is 1. The molecule has 9 nitrogen and oxygen atoms in total. The summed E-state index contributed by atoms with van der Waals surface area (Å²) in [6.45, 7) is 8.28. The first-order valence-corrected chi connectivity index (χ1v) is 10.2. The standard InChI is InChI=1S/C19H24N6O3S/c1-11-7-5-6-8-15(11)9-24-14(4)17(12(2)23-24)20-16(26)10-29-19-18(25(27)28)13(3)21-22-19/h5-8,12,23H,9-10H2,1-4H3,(H,20,26)(H,21,22). The first-order chi connectivity index (χ1) is 13.8. The molecule has 3 rings (SSSR count). The highest BCUT2D eigenvalue weighted by molar-refractivity contribution is 8.00. The monoisotopic (exact) mass is 416 g/mol. The molecule has 10 heteroatoms. The van der Waals surface area contributed by atoms with Crippen molar-refractivity contribution < 1.29 is 9.72 Å². The van der Waals surface area contributed by atoms with E-state index in [0.29, 0.717) is 12.2 Å². The number of nitrogens with one attached hydrogen (secondary N) is 3. The van der Waals surface area contributed by atoms with Crippen LogP contribution >= 0.6 is 11.8 Å². The normalized spacial score (nSPS) is 16.4. The molecule has 3 N–H and O–H groups in total. The van der Waals surface area contributed by atoms with Crippen molar-refractivity contribution in [3.05, 3.63) is 62.6 Å². The SMILES string of the molecule is CC1=C(NC(=O)CSc2n[nH]c(C)c2[N+](=O)[O-])C(C)NN1Cc1ccccc1C. The molecule has 0 bridgehead atoms. The number of nitro groups is 1. The molecule has 154 valence electrons. The largest absolute Gasteiger partial charge is 0.326 e. The van der Waals surface area contributed by atoms with Gasteiger partial charge >= 0.3 is 5.69 Å². The third-order valence-electron chi connectivity index (χ3n) is 4.85. The van der Waals surface area contributed by atoms with Gasteiger partial charge in [-0.15, -0.1) is 0 Å². The number of H-pyrrole nitrogens is 1. The minimum absolute atomic E-state index is 0.0342. The Labute approximate surface area is 173 Å². The Kier molecular flexibility index (Phi) is 6.23. The van der Waals surface area contributed by atoms with Gasteiger partial charge in [-0.25, -0.2) is 5.43 Å². The number of allylic oxidation sites excluding steroid dienone is 1. The van der Waals surface area contributed by atoms with Gasteiger partial charge in [0.05, 0.1) is 29.0 Å². The van der Waals surface area contributed by atoms with Gasteiger partial charge in [-0.1, -0.05) is 36.0 Å². The van der Waals surface area contributed by atoms with Gasteiger partial charge in [-0.2, -0.15) is 5.10 Å². The zero-order valence-electron chi connectivity index (χ0n) is 16.8. The Morgan fingerprint density at radius 3 is 2.76 bits per heavy atom. The molecule has 0 saturated heterocycles. The number of hydrogen-bond acceptors (Lipinski definition) is 7. The maximum absolute atomic E-state index is 12.5. The molecular weight excluding hydrogens is 392 g/mol. The summed E-state index contributed by atoms with van der Waals surface area (Å²) in [5, 5.41) is 22.8. The van der Waals surface area contributed by atoms with E-state index >= 15 is 0 Å². The van der Waals surface area contributed by atoms with Crippen molar-refractivity contribution in [2.45, 2.75) is 45.3 Å². The van der Waals surface area contributed by atoms with Crippen LogP contribution in [0.3, 0.4) is 0 Å². The summed E-state index contributed by atoms with van der Waals surface area (Å²) in [6, 6.07) is 8.13. The molecule has 0 aliphatic carbocycles. The third-order valence-corrected chi connectivity index (χ3v) is 5.81. The van der Waals surface area contributed by atoms with E-state index in [1.54, 1.807) is 6.92 Å². The van der Waals surface area contributed by atoms with E-state index in [1.807, 2.05) is 31.0 Å². The Hall–Kier alpha value is -2.85. The van der Waals surface area contributed by atoms with Crippen molar-refractivity contribution in [3.63, 3.8) is 0 Å². The van der Waals surface area contributed by atoms with Gasteiger partial charge in [0, 0.05) is 5.70 Å². The minimum atomic E-state index is -0.488. The van der Waals surface area contributed by atoms with Crippen LogP contribution in [0.4, 0.5) is 5.69 Å². The molecule has 0 fully saturated rings. The molecule has 1 aliphatic heterocycles. The molecule has 1 aromatic heterocycles. The molecule has 1 aromatic carbocycles. The summed E-state index contributed by atoms with van der Waals surface area (Å²) in [6.07, 6.45) is 0. The molecule has 1 amide bonds. The van der Waals surface area contributed by atoms with Crippen LogP contribution in [0.15, 0.2) is 40.7 Å². The summed E-state index contributed by atoms with van der Waals surface area (Å²) >= 11 is 1.04. The average molecular weight is 417 g/mol. The van der Waals surface area contributed by atoms with Crippen LogP contribution in [-0.2, 0) is 11.3 Å². The fourth-order valence-corrected chi connectivity index (χ4v) is 4.03. The van der Waals surface area contributed by atoms with Crippen molar-refractivity contribution in [1.29, 1.82) is 0 Å². The van der Waals surface area contributed by atoms with Crippen molar-refractivity contribution in [1.82, 2.24) is 25.9 Å². The zero-order chi connectivity index (χ0) is 21.1. The summed E-state index contributed by atoms with van der Waals surface area (Å²) < 4.78 is 0. The van der Waals surface area contributed by atoms with Gasteiger partial charge in [-0.3, -0.25) is 20.0 Å². The molecule has 0 radical (unpaired) electrons. The fourth-order valence-electron chi connectivity index (χ4n) is 3.21. The summed E-state index contributed by atoms with van der Waals surface area (Å²) in [5.74, 6) is -0.197. The highest BCUT2D eigenvalue weighted by Crippen LogP contribution is 2.29. The lowest BCUT2D eigenvalue weighted by Gasteiger charge is -2.22. The van der Waals surface area contributed by atoms with Crippen LogP contribution in [0.25, 0.3) is 0 Å². The zero-order valence-corrected chi connectivity index (χ0v) is 17.6. The van der Waals surface area contributed by atoms with E-state index in [0.717, 1.165) is 23.2 Å². The van der Waals surface area contributed by atoms with Crippen molar-refractivity contribution >= 4 is 23.4 Å². The number of benzene rings is 1. The number of hydrazine groups is 1. The van der Waals surface area contributed by atoms with Crippen LogP contribution in [0.1, 0.15) is 30.7 Å². The summed E-state index contributed by atoms with van der Waals surface area (Å²) in [7, 11) is 0. The number of thioether (sulfide) groups is 1. The second-order valence-corrected chi connectivity index (χ2v) is 7.92. The molecule has 0 saturated carbocycles.